The quantitative estimate of drug-likeness (QED) is 0.401. The fourth-order valence-electron chi connectivity index (χ4n) is 0.421. The summed E-state index contributed by atoms with van der Waals surface area (Å²) in [6.45, 7) is 5.70. The highest BCUT2D eigenvalue weighted by Gasteiger charge is 1.72. The van der Waals surface area contributed by atoms with Crippen molar-refractivity contribution in [3.05, 3.63) is 12.2 Å². The van der Waals surface area contributed by atoms with Crippen LogP contribution in [0, 0.1) is 0 Å². The van der Waals surface area contributed by atoms with Gasteiger partial charge in [-0.3, -0.25) is 0 Å². The lowest BCUT2D eigenvalue weighted by Gasteiger charge is -1.90. The first-order valence-corrected chi connectivity index (χ1v) is 3.14. The molecule has 0 rings (SSSR count). The first kappa shape index (κ1) is 7.70. The van der Waals surface area contributed by atoms with Crippen molar-refractivity contribution in [2.75, 3.05) is 13.2 Å². The van der Waals surface area contributed by atoms with E-state index in [1.54, 1.807) is 0 Å². The van der Waals surface area contributed by atoms with Gasteiger partial charge < -0.3 is 4.74 Å². The van der Waals surface area contributed by atoms with Crippen molar-refractivity contribution in [3.8, 4) is 0 Å². The Balaban J connectivity index is 2.80. The van der Waals surface area contributed by atoms with Crippen LogP contribution in [-0.2, 0) is 4.74 Å². The van der Waals surface area contributed by atoms with Crippen LogP contribution in [-0.4, -0.2) is 13.2 Å². The van der Waals surface area contributed by atoms with E-state index >= 15 is 0 Å². The van der Waals surface area contributed by atoms with Gasteiger partial charge in [0.2, 0.25) is 0 Å². The molecular formula is C7H14O. The second-order valence-electron chi connectivity index (χ2n) is 1.54. The molecule has 0 spiro atoms. The van der Waals surface area contributed by atoms with Crippen molar-refractivity contribution in [1.82, 2.24) is 0 Å². The highest BCUT2D eigenvalue weighted by atomic mass is 16.5. The number of ether oxygens (including phenoxy) is 1. The molecule has 0 aromatic carbocycles. The summed E-state index contributed by atoms with van der Waals surface area (Å²) >= 11 is 0. The molecule has 0 bridgehead atoms. The highest BCUT2D eigenvalue weighted by Crippen LogP contribution is 1.80. The Hall–Kier alpha value is -0.300. The first-order chi connectivity index (χ1) is 3.91. The van der Waals surface area contributed by atoms with Crippen LogP contribution in [0.4, 0.5) is 0 Å². The average molecular weight is 114 g/mol. The standard InChI is InChI=1S/C7H14O/c1-3-5-6-7-8-4-2/h5-6H,3-4,7H2,1-2H3. The van der Waals surface area contributed by atoms with E-state index in [0.717, 1.165) is 19.6 Å². The zero-order chi connectivity index (χ0) is 6.24. The van der Waals surface area contributed by atoms with E-state index in [1.807, 2.05) is 13.0 Å². The van der Waals surface area contributed by atoms with E-state index in [2.05, 4.69) is 13.0 Å². The fourth-order valence-corrected chi connectivity index (χ4v) is 0.421. The molecule has 0 aromatic rings. The molecule has 0 saturated heterocycles. The van der Waals surface area contributed by atoms with Gasteiger partial charge in [-0.1, -0.05) is 19.1 Å². The van der Waals surface area contributed by atoms with Crippen molar-refractivity contribution in [1.29, 1.82) is 0 Å². The lowest BCUT2D eigenvalue weighted by Crippen LogP contribution is -1.87. The third-order valence-electron chi connectivity index (χ3n) is 0.821. The molecule has 48 valence electrons. The third kappa shape index (κ3) is 5.70. The van der Waals surface area contributed by atoms with Crippen molar-refractivity contribution < 1.29 is 4.74 Å². The van der Waals surface area contributed by atoms with Gasteiger partial charge >= 0.3 is 0 Å². The molecule has 0 aliphatic carbocycles. The third-order valence-corrected chi connectivity index (χ3v) is 0.821. The Kier molecular flexibility index (Phi) is 6.45. The van der Waals surface area contributed by atoms with Gasteiger partial charge in [-0.05, 0) is 13.3 Å². The minimum Gasteiger partial charge on any atom is -0.378 e. The molecule has 0 aliphatic heterocycles. The largest absolute Gasteiger partial charge is 0.378 e. The number of allylic oxidation sites excluding steroid dienone is 1. The maximum Gasteiger partial charge on any atom is 0.0647 e. The Bertz CT molecular complexity index is 57.4. The molecule has 0 heterocycles. The summed E-state index contributed by atoms with van der Waals surface area (Å²) in [5, 5.41) is 0. The molecule has 0 N–H and O–H groups in total. The van der Waals surface area contributed by atoms with Gasteiger partial charge in [-0.15, -0.1) is 0 Å². The number of hydrogen-bond acceptors (Lipinski definition) is 1. The molecule has 0 amide bonds. The predicted octanol–water partition coefficient (Wildman–Crippen LogP) is 1.99. The van der Waals surface area contributed by atoms with Crippen LogP contribution in [0.2, 0.25) is 0 Å². The van der Waals surface area contributed by atoms with Crippen LogP contribution >= 0.6 is 0 Å². The first-order valence-electron chi connectivity index (χ1n) is 3.14. The zero-order valence-electron chi connectivity index (χ0n) is 5.68. The van der Waals surface area contributed by atoms with E-state index < -0.39 is 0 Å². The van der Waals surface area contributed by atoms with Gasteiger partial charge in [-0.2, -0.15) is 0 Å². The molecule has 0 aliphatic rings. The van der Waals surface area contributed by atoms with E-state index in [0.29, 0.717) is 0 Å². The minimum absolute atomic E-state index is 0.768. The van der Waals surface area contributed by atoms with E-state index in [1.165, 1.54) is 0 Å². The summed E-state index contributed by atoms with van der Waals surface area (Å²) in [6, 6.07) is 0. The summed E-state index contributed by atoms with van der Waals surface area (Å²) < 4.78 is 5.05. The van der Waals surface area contributed by atoms with Gasteiger partial charge in [0.25, 0.3) is 0 Å². The highest BCUT2D eigenvalue weighted by molar-refractivity contribution is 4.79. The van der Waals surface area contributed by atoms with Gasteiger partial charge in [0.1, 0.15) is 0 Å². The smallest absolute Gasteiger partial charge is 0.0647 e. The monoisotopic (exact) mass is 114 g/mol. The van der Waals surface area contributed by atoms with Crippen LogP contribution in [0.15, 0.2) is 12.2 Å². The Morgan fingerprint density at radius 3 is 2.50 bits per heavy atom. The Morgan fingerprint density at radius 1 is 1.25 bits per heavy atom. The SMILES string of the molecule is CCC=CCOCC. The summed E-state index contributed by atoms with van der Waals surface area (Å²) in [7, 11) is 0. The van der Waals surface area contributed by atoms with Crippen molar-refractivity contribution in [2.45, 2.75) is 20.3 Å². The van der Waals surface area contributed by atoms with Crippen LogP contribution in [0.1, 0.15) is 20.3 Å². The van der Waals surface area contributed by atoms with Crippen LogP contribution in [0.25, 0.3) is 0 Å². The second-order valence-corrected chi connectivity index (χ2v) is 1.54. The Labute approximate surface area is 51.4 Å². The van der Waals surface area contributed by atoms with Gasteiger partial charge in [-0.25, -0.2) is 0 Å². The predicted molar refractivity (Wildman–Crippen MR) is 35.9 cm³/mol. The number of rotatable bonds is 4. The summed E-state index contributed by atoms with van der Waals surface area (Å²) in [6.07, 6.45) is 5.26. The Morgan fingerprint density at radius 2 is 2.00 bits per heavy atom. The normalized spacial score (nSPS) is 10.8. The van der Waals surface area contributed by atoms with Crippen LogP contribution in [0.5, 0.6) is 0 Å². The molecule has 0 aromatic heterocycles. The molecule has 0 atom stereocenters. The molecular weight excluding hydrogens is 100 g/mol. The maximum atomic E-state index is 5.05. The fraction of sp³-hybridized carbons (Fsp3) is 0.714. The van der Waals surface area contributed by atoms with Crippen molar-refractivity contribution in [2.24, 2.45) is 0 Å². The van der Waals surface area contributed by atoms with Gasteiger partial charge in [0.15, 0.2) is 0 Å². The second kappa shape index (κ2) is 6.70. The molecule has 0 fully saturated rings. The molecule has 1 nitrogen and oxygen atoms in total. The molecule has 0 saturated carbocycles. The van der Waals surface area contributed by atoms with Crippen molar-refractivity contribution in [3.63, 3.8) is 0 Å². The molecule has 0 radical (unpaired) electrons. The van der Waals surface area contributed by atoms with E-state index in [9.17, 15) is 0 Å². The molecule has 0 unspecified atom stereocenters. The zero-order valence-corrected chi connectivity index (χ0v) is 5.68. The molecule has 8 heavy (non-hydrogen) atoms. The lowest BCUT2D eigenvalue weighted by atomic mass is 10.4. The summed E-state index contributed by atoms with van der Waals surface area (Å²) in [5.74, 6) is 0. The topological polar surface area (TPSA) is 9.23 Å². The average Bonchev–Trinajstić information content (AvgIpc) is 1.81. The maximum absolute atomic E-state index is 5.05. The minimum atomic E-state index is 0.768. The molecule has 1 heteroatoms. The van der Waals surface area contributed by atoms with E-state index in [4.69, 9.17) is 4.74 Å². The van der Waals surface area contributed by atoms with Crippen LogP contribution < -0.4 is 0 Å². The van der Waals surface area contributed by atoms with Crippen LogP contribution in [0.3, 0.4) is 0 Å². The van der Waals surface area contributed by atoms with Gasteiger partial charge in [0, 0.05) is 6.61 Å². The van der Waals surface area contributed by atoms with E-state index in [-0.39, 0.29) is 0 Å². The van der Waals surface area contributed by atoms with Crippen molar-refractivity contribution >= 4 is 0 Å². The summed E-state index contributed by atoms with van der Waals surface area (Å²) in [4.78, 5) is 0. The van der Waals surface area contributed by atoms with Gasteiger partial charge in [0.05, 0.1) is 6.61 Å². The summed E-state index contributed by atoms with van der Waals surface area (Å²) in [5.41, 5.74) is 0. The number of hydrogen-bond donors (Lipinski definition) is 0. The lowest BCUT2D eigenvalue weighted by molar-refractivity contribution is 0.177.